The molecule has 0 aliphatic carbocycles. The molecule has 0 aliphatic rings. The molecule has 0 aromatic carbocycles. The van der Waals surface area contributed by atoms with E-state index in [-0.39, 0.29) is 21.7 Å². The molecule has 0 atom stereocenters. The standard InChI is InChI=1S/C9H4Cl3F3N4/c10-3-4-7(9(13,14)15)18-19(8(4)12)6-2-1-5(11)16-17-6/h1-2H,3H2. The lowest BCUT2D eigenvalue weighted by molar-refractivity contribution is -0.141. The molecule has 102 valence electrons. The van der Waals surface area contributed by atoms with Crippen molar-refractivity contribution in [3.8, 4) is 5.82 Å². The molecule has 0 N–H and O–H groups in total. The first-order chi connectivity index (χ1) is 8.84. The number of alkyl halides is 4. The van der Waals surface area contributed by atoms with Gasteiger partial charge in [-0.15, -0.1) is 21.8 Å². The Bertz CT molecular complexity index is 594. The fourth-order valence-electron chi connectivity index (χ4n) is 1.35. The van der Waals surface area contributed by atoms with Gasteiger partial charge in [-0.3, -0.25) is 0 Å². The maximum atomic E-state index is 12.8. The van der Waals surface area contributed by atoms with E-state index in [9.17, 15) is 13.2 Å². The third-order valence-corrected chi connectivity index (χ3v) is 3.01. The van der Waals surface area contributed by atoms with E-state index in [1.54, 1.807) is 0 Å². The van der Waals surface area contributed by atoms with Crippen LogP contribution in [-0.2, 0) is 12.1 Å². The lowest BCUT2D eigenvalue weighted by Crippen LogP contribution is -2.09. The maximum Gasteiger partial charge on any atom is 0.435 e. The van der Waals surface area contributed by atoms with Crippen molar-refractivity contribution in [1.29, 1.82) is 0 Å². The molecule has 0 saturated heterocycles. The van der Waals surface area contributed by atoms with E-state index in [1.807, 2.05) is 0 Å². The first-order valence-corrected chi connectivity index (χ1v) is 6.03. The highest BCUT2D eigenvalue weighted by atomic mass is 35.5. The van der Waals surface area contributed by atoms with Crippen LogP contribution in [0.1, 0.15) is 11.3 Å². The van der Waals surface area contributed by atoms with E-state index in [1.165, 1.54) is 12.1 Å². The molecule has 2 aromatic rings. The van der Waals surface area contributed by atoms with E-state index in [2.05, 4.69) is 15.3 Å². The Kier molecular flexibility index (Phi) is 3.89. The zero-order chi connectivity index (χ0) is 14.2. The molecule has 4 nitrogen and oxygen atoms in total. The molecule has 0 saturated carbocycles. The highest BCUT2D eigenvalue weighted by Crippen LogP contribution is 2.36. The molecule has 0 aliphatic heterocycles. The Labute approximate surface area is 120 Å². The van der Waals surface area contributed by atoms with Gasteiger partial charge in [0.15, 0.2) is 16.7 Å². The number of hydrogen-bond donors (Lipinski definition) is 0. The van der Waals surface area contributed by atoms with Gasteiger partial charge in [-0.2, -0.15) is 18.3 Å². The van der Waals surface area contributed by atoms with E-state index < -0.39 is 17.8 Å². The predicted octanol–water partition coefficient (Wildman–Crippen LogP) is 3.73. The van der Waals surface area contributed by atoms with Crippen molar-refractivity contribution in [3.05, 3.63) is 33.7 Å². The first-order valence-electron chi connectivity index (χ1n) is 4.74. The summed E-state index contributed by atoms with van der Waals surface area (Å²) in [6, 6.07) is 2.70. The topological polar surface area (TPSA) is 43.6 Å². The van der Waals surface area contributed by atoms with Crippen LogP contribution in [-0.4, -0.2) is 20.0 Å². The summed E-state index contributed by atoms with van der Waals surface area (Å²) in [6.07, 6.45) is -4.65. The lowest BCUT2D eigenvalue weighted by atomic mass is 10.3. The zero-order valence-corrected chi connectivity index (χ0v) is 11.2. The molecule has 2 rings (SSSR count). The van der Waals surface area contributed by atoms with E-state index in [0.29, 0.717) is 0 Å². The summed E-state index contributed by atoms with van der Waals surface area (Å²) in [5.74, 6) is -0.411. The Hall–Kier alpha value is -1.05. The minimum atomic E-state index is -4.65. The second-order valence-corrected chi connectivity index (χ2v) is 4.39. The second-order valence-electron chi connectivity index (χ2n) is 3.38. The van der Waals surface area contributed by atoms with Gasteiger partial charge in [0.05, 0.1) is 5.88 Å². The van der Waals surface area contributed by atoms with Gasteiger partial charge in [0.1, 0.15) is 5.15 Å². The predicted molar refractivity (Wildman–Crippen MR) is 63.7 cm³/mol. The van der Waals surface area contributed by atoms with Crippen LogP contribution in [0, 0.1) is 0 Å². The molecule has 0 amide bonds. The Morgan fingerprint density at radius 2 is 1.84 bits per heavy atom. The van der Waals surface area contributed by atoms with Gasteiger partial charge >= 0.3 is 6.18 Å². The third-order valence-electron chi connectivity index (χ3n) is 2.16. The van der Waals surface area contributed by atoms with Gasteiger partial charge in [0, 0.05) is 5.56 Å². The van der Waals surface area contributed by atoms with Crippen molar-refractivity contribution in [2.24, 2.45) is 0 Å². The molecular formula is C9H4Cl3F3N4. The number of nitrogens with zero attached hydrogens (tertiary/aromatic N) is 4. The van der Waals surface area contributed by atoms with Gasteiger partial charge in [-0.25, -0.2) is 4.68 Å². The summed E-state index contributed by atoms with van der Waals surface area (Å²) in [6.45, 7) is 0. The average Bonchev–Trinajstić information content (AvgIpc) is 2.67. The van der Waals surface area contributed by atoms with Crippen LogP contribution in [0.4, 0.5) is 13.2 Å². The van der Waals surface area contributed by atoms with Crippen LogP contribution in [0.2, 0.25) is 10.3 Å². The summed E-state index contributed by atoms with van der Waals surface area (Å²) in [4.78, 5) is 0. The van der Waals surface area contributed by atoms with E-state index >= 15 is 0 Å². The molecule has 2 aromatic heterocycles. The minimum absolute atomic E-state index is 0.0104. The average molecular weight is 332 g/mol. The number of aromatic nitrogens is 4. The molecule has 0 bridgehead atoms. The highest BCUT2D eigenvalue weighted by Gasteiger charge is 2.39. The van der Waals surface area contributed by atoms with Crippen molar-refractivity contribution in [2.45, 2.75) is 12.1 Å². The van der Waals surface area contributed by atoms with Crippen molar-refractivity contribution < 1.29 is 13.2 Å². The van der Waals surface area contributed by atoms with Crippen LogP contribution in [0.5, 0.6) is 0 Å². The highest BCUT2D eigenvalue weighted by molar-refractivity contribution is 6.31. The van der Waals surface area contributed by atoms with E-state index in [0.717, 1.165) is 4.68 Å². The maximum absolute atomic E-state index is 12.8. The Balaban J connectivity index is 2.59. The molecule has 19 heavy (non-hydrogen) atoms. The Morgan fingerprint density at radius 3 is 2.26 bits per heavy atom. The monoisotopic (exact) mass is 330 g/mol. The molecular weight excluding hydrogens is 327 g/mol. The fraction of sp³-hybridized carbons (Fsp3) is 0.222. The first kappa shape index (κ1) is 14.4. The summed E-state index contributed by atoms with van der Waals surface area (Å²) in [5.41, 5.74) is -1.46. The minimum Gasteiger partial charge on any atom is -0.201 e. The van der Waals surface area contributed by atoms with Crippen molar-refractivity contribution in [1.82, 2.24) is 20.0 Å². The van der Waals surface area contributed by atoms with Crippen LogP contribution in [0.15, 0.2) is 12.1 Å². The third kappa shape index (κ3) is 2.77. The van der Waals surface area contributed by atoms with Crippen LogP contribution in [0.3, 0.4) is 0 Å². The van der Waals surface area contributed by atoms with Crippen LogP contribution in [0.25, 0.3) is 5.82 Å². The molecule has 0 unspecified atom stereocenters. The molecule has 2 heterocycles. The van der Waals surface area contributed by atoms with Crippen molar-refractivity contribution in [3.63, 3.8) is 0 Å². The molecule has 0 fully saturated rings. The lowest BCUT2D eigenvalue weighted by Gasteiger charge is -2.03. The number of hydrogen-bond acceptors (Lipinski definition) is 3. The SMILES string of the molecule is FC(F)(F)c1nn(-c2ccc(Cl)nn2)c(Cl)c1CCl. The summed E-state index contributed by atoms with van der Waals surface area (Å²) < 4.78 is 39.1. The molecule has 0 spiro atoms. The van der Waals surface area contributed by atoms with Gasteiger partial charge in [-0.1, -0.05) is 23.2 Å². The number of rotatable bonds is 2. The Morgan fingerprint density at radius 1 is 1.16 bits per heavy atom. The van der Waals surface area contributed by atoms with Gasteiger partial charge in [-0.05, 0) is 12.1 Å². The van der Waals surface area contributed by atoms with Gasteiger partial charge in [0.2, 0.25) is 0 Å². The van der Waals surface area contributed by atoms with Crippen LogP contribution >= 0.6 is 34.8 Å². The zero-order valence-electron chi connectivity index (χ0n) is 8.92. The van der Waals surface area contributed by atoms with Crippen molar-refractivity contribution in [2.75, 3.05) is 0 Å². The summed E-state index contributed by atoms with van der Waals surface area (Å²) in [5, 5.41) is 10.3. The summed E-state index contributed by atoms with van der Waals surface area (Å²) in [7, 11) is 0. The van der Waals surface area contributed by atoms with E-state index in [4.69, 9.17) is 34.8 Å². The van der Waals surface area contributed by atoms with Crippen LogP contribution < -0.4 is 0 Å². The largest absolute Gasteiger partial charge is 0.435 e. The normalized spacial score (nSPS) is 11.9. The fourth-order valence-corrected chi connectivity index (χ4v) is 2.05. The smallest absolute Gasteiger partial charge is 0.201 e. The summed E-state index contributed by atoms with van der Waals surface area (Å²) >= 11 is 16.8. The van der Waals surface area contributed by atoms with Gasteiger partial charge < -0.3 is 0 Å². The second kappa shape index (κ2) is 5.15. The van der Waals surface area contributed by atoms with Gasteiger partial charge in [0.25, 0.3) is 0 Å². The molecule has 0 radical (unpaired) electrons. The quantitative estimate of drug-likeness (QED) is 0.788. The molecule has 10 heteroatoms. The van der Waals surface area contributed by atoms with Crippen molar-refractivity contribution >= 4 is 34.8 Å². The number of halogens is 6.